The first kappa shape index (κ1) is 18.3. The predicted molar refractivity (Wildman–Crippen MR) is 99.7 cm³/mol. The van der Waals surface area contributed by atoms with Gasteiger partial charge in [0.25, 0.3) is 5.91 Å². The second-order valence-corrected chi connectivity index (χ2v) is 7.60. The molecule has 1 amide bonds. The molecule has 2 aliphatic heterocycles. The van der Waals surface area contributed by atoms with Gasteiger partial charge in [0.2, 0.25) is 0 Å². The molecule has 0 aliphatic carbocycles. The van der Waals surface area contributed by atoms with Crippen molar-refractivity contribution >= 4 is 11.6 Å². The van der Waals surface area contributed by atoms with Crippen molar-refractivity contribution in [2.45, 2.75) is 12.8 Å². The molecular formula is C19H27N5O3. The summed E-state index contributed by atoms with van der Waals surface area (Å²) < 4.78 is 12.8. The first-order valence-corrected chi connectivity index (χ1v) is 9.57. The smallest absolute Gasteiger partial charge is 0.259 e. The highest BCUT2D eigenvalue weighted by molar-refractivity contribution is 5.99. The summed E-state index contributed by atoms with van der Waals surface area (Å²) >= 11 is 0. The number of rotatable bonds is 4. The maximum atomic E-state index is 13.2. The minimum absolute atomic E-state index is 0.00969. The Kier molecular flexibility index (Phi) is 5.38. The first-order valence-electron chi connectivity index (χ1n) is 9.57. The Morgan fingerprint density at radius 2 is 2.30 bits per heavy atom. The number of carbonyl (C=O) groups excluding carboxylic acids is 1. The fourth-order valence-electron chi connectivity index (χ4n) is 4.27. The highest BCUT2D eigenvalue weighted by atomic mass is 16.5. The Balaban J connectivity index is 1.52. The molecule has 1 unspecified atom stereocenters. The zero-order valence-electron chi connectivity index (χ0n) is 15.8. The zero-order chi connectivity index (χ0) is 18.7. The van der Waals surface area contributed by atoms with E-state index in [9.17, 15) is 4.79 Å². The largest absolute Gasteiger partial charge is 0.383 e. The van der Waals surface area contributed by atoms with Crippen LogP contribution in [0.15, 0.2) is 24.7 Å². The van der Waals surface area contributed by atoms with Gasteiger partial charge in [0.05, 0.1) is 26.0 Å². The molecule has 1 atom stereocenters. The summed E-state index contributed by atoms with van der Waals surface area (Å²) in [5, 5.41) is 4.26. The number of hydrogen-bond acceptors (Lipinski definition) is 6. The summed E-state index contributed by atoms with van der Waals surface area (Å²) in [7, 11) is 1.73. The van der Waals surface area contributed by atoms with E-state index in [0.717, 1.165) is 45.6 Å². The van der Waals surface area contributed by atoms with Gasteiger partial charge in [0.15, 0.2) is 5.65 Å². The number of fused-ring (bicyclic) bond motifs is 1. The molecule has 4 rings (SSSR count). The number of piperidine rings is 1. The molecular weight excluding hydrogens is 346 g/mol. The highest BCUT2D eigenvalue weighted by Crippen LogP contribution is 2.33. The molecule has 0 radical (unpaired) electrons. The average molecular weight is 373 g/mol. The minimum atomic E-state index is -0.0193. The second kappa shape index (κ2) is 7.92. The summed E-state index contributed by atoms with van der Waals surface area (Å²) in [5.41, 5.74) is 1.16. The summed E-state index contributed by atoms with van der Waals surface area (Å²) in [6.07, 6.45) is 7.19. The summed E-state index contributed by atoms with van der Waals surface area (Å²) in [6.45, 7) is 6.37. The molecule has 146 valence electrons. The maximum absolute atomic E-state index is 13.2. The molecule has 0 N–H and O–H groups in total. The van der Waals surface area contributed by atoms with Gasteiger partial charge in [0.1, 0.15) is 5.56 Å². The number of hydrogen-bond donors (Lipinski definition) is 0. The topological polar surface area (TPSA) is 72.2 Å². The van der Waals surface area contributed by atoms with Crippen molar-refractivity contribution in [1.29, 1.82) is 0 Å². The third-order valence-corrected chi connectivity index (χ3v) is 5.59. The molecule has 2 saturated heterocycles. The molecule has 1 spiro atoms. The molecule has 2 aromatic heterocycles. The number of amides is 1. The van der Waals surface area contributed by atoms with Gasteiger partial charge in [-0.3, -0.25) is 9.69 Å². The first-order chi connectivity index (χ1) is 13.2. The van der Waals surface area contributed by atoms with E-state index in [2.05, 4.69) is 15.0 Å². The number of aromatic nitrogens is 3. The monoisotopic (exact) mass is 373 g/mol. The van der Waals surface area contributed by atoms with Crippen molar-refractivity contribution in [3.05, 3.63) is 30.2 Å². The van der Waals surface area contributed by atoms with Crippen LogP contribution in [-0.4, -0.2) is 90.0 Å². The average Bonchev–Trinajstić information content (AvgIpc) is 3.03. The minimum Gasteiger partial charge on any atom is -0.383 e. The van der Waals surface area contributed by atoms with Crippen LogP contribution in [0.3, 0.4) is 0 Å². The van der Waals surface area contributed by atoms with Gasteiger partial charge in [-0.1, -0.05) is 0 Å². The highest BCUT2D eigenvalue weighted by Gasteiger charge is 2.40. The normalized spacial score (nSPS) is 24.4. The molecule has 2 aliphatic rings. The third-order valence-electron chi connectivity index (χ3n) is 5.59. The van der Waals surface area contributed by atoms with E-state index in [4.69, 9.17) is 9.47 Å². The van der Waals surface area contributed by atoms with Crippen molar-refractivity contribution in [3.8, 4) is 0 Å². The van der Waals surface area contributed by atoms with Crippen LogP contribution in [0.5, 0.6) is 0 Å². The molecule has 8 nitrogen and oxygen atoms in total. The molecule has 0 bridgehead atoms. The van der Waals surface area contributed by atoms with Gasteiger partial charge >= 0.3 is 0 Å². The predicted octanol–water partition coefficient (Wildman–Crippen LogP) is 0.930. The van der Waals surface area contributed by atoms with Crippen molar-refractivity contribution in [3.63, 3.8) is 0 Å². The Bertz CT molecular complexity index is 794. The van der Waals surface area contributed by atoms with E-state index in [0.29, 0.717) is 31.0 Å². The fourth-order valence-corrected chi connectivity index (χ4v) is 4.27. The van der Waals surface area contributed by atoms with Crippen molar-refractivity contribution in [1.82, 2.24) is 24.4 Å². The van der Waals surface area contributed by atoms with Crippen molar-refractivity contribution in [2.24, 2.45) is 5.41 Å². The number of ether oxygens (including phenoxy) is 2. The Labute approximate surface area is 159 Å². The fraction of sp³-hybridized carbons (Fsp3) is 0.632. The van der Waals surface area contributed by atoms with E-state index in [-0.39, 0.29) is 11.3 Å². The van der Waals surface area contributed by atoms with Crippen LogP contribution < -0.4 is 0 Å². The third kappa shape index (κ3) is 3.83. The van der Waals surface area contributed by atoms with Crippen LogP contribution in [0.25, 0.3) is 5.65 Å². The lowest BCUT2D eigenvalue weighted by Crippen LogP contribution is -2.52. The molecule has 4 heterocycles. The number of methoxy groups -OCH3 is 1. The van der Waals surface area contributed by atoms with Gasteiger partial charge in [0, 0.05) is 57.6 Å². The van der Waals surface area contributed by atoms with Crippen LogP contribution in [0.4, 0.5) is 0 Å². The summed E-state index contributed by atoms with van der Waals surface area (Å²) in [4.78, 5) is 21.9. The van der Waals surface area contributed by atoms with Crippen molar-refractivity contribution < 1.29 is 14.3 Å². The Morgan fingerprint density at radius 1 is 1.37 bits per heavy atom. The lowest BCUT2D eigenvalue weighted by atomic mass is 9.80. The van der Waals surface area contributed by atoms with Gasteiger partial charge in [-0.25, -0.2) is 9.50 Å². The standard InChI is InChI=1S/C19H27N5O3/c1-26-10-8-22-9-11-27-15-19(13-22)4-2-6-23(14-19)18(25)16-12-21-24-7-3-5-20-17(16)24/h3,5,7,12H,2,4,6,8-11,13-15H2,1H3. The quantitative estimate of drug-likeness (QED) is 0.794. The van der Waals surface area contributed by atoms with Gasteiger partial charge in [-0.05, 0) is 18.9 Å². The van der Waals surface area contributed by atoms with E-state index < -0.39 is 0 Å². The molecule has 0 aromatic carbocycles. The second-order valence-electron chi connectivity index (χ2n) is 7.60. The van der Waals surface area contributed by atoms with E-state index in [1.54, 1.807) is 24.0 Å². The molecule has 2 fully saturated rings. The number of likely N-dealkylation sites (tertiary alicyclic amines) is 1. The molecule has 0 saturated carbocycles. The Hall–Kier alpha value is -2.03. The Morgan fingerprint density at radius 3 is 3.19 bits per heavy atom. The van der Waals surface area contributed by atoms with E-state index in [1.807, 2.05) is 17.2 Å². The SMILES string of the molecule is COCCN1CCOCC2(CCCN(C(=O)c3cnn4cccnc34)C2)C1. The summed E-state index contributed by atoms with van der Waals surface area (Å²) in [5.74, 6) is 0.00969. The van der Waals surface area contributed by atoms with E-state index in [1.165, 1.54) is 0 Å². The van der Waals surface area contributed by atoms with Gasteiger partial charge in [-0.2, -0.15) is 5.10 Å². The number of carbonyl (C=O) groups is 1. The van der Waals surface area contributed by atoms with Crippen molar-refractivity contribution in [2.75, 3.05) is 59.7 Å². The van der Waals surface area contributed by atoms with Crippen LogP contribution >= 0.6 is 0 Å². The van der Waals surface area contributed by atoms with Gasteiger partial charge in [-0.15, -0.1) is 0 Å². The number of nitrogens with zero attached hydrogens (tertiary/aromatic N) is 5. The molecule has 27 heavy (non-hydrogen) atoms. The lowest BCUT2D eigenvalue weighted by Gasteiger charge is -2.43. The molecule has 2 aromatic rings. The van der Waals surface area contributed by atoms with Crippen LogP contribution in [0, 0.1) is 5.41 Å². The lowest BCUT2D eigenvalue weighted by molar-refractivity contribution is 0.00627. The van der Waals surface area contributed by atoms with Crippen LogP contribution in [-0.2, 0) is 9.47 Å². The maximum Gasteiger partial charge on any atom is 0.259 e. The zero-order valence-corrected chi connectivity index (χ0v) is 15.8. The van der Waals surface area contributed by atoms with E-state index >= 15 is 0 Å². The van der Waals surface area contributed by atoms with Crippen LogP contribution in [0.2, 0.25) is 0 Å². The van der Waals surface area contributed by atoms with Crippen LogP contribution in [0.1, 0.15) is 23.2 Å². The molecule has 8 heteroatoms. The van der Waals surface area contributed by atoms with Gasteiger partial charge < -0.3 is 14.4 Å². The summed E-state index contributed by atoms with van der Waals surface area (Å²) in [6, 6.07) is 1.81.